The molecule has 0 N–H and O–H groups in total. The predicted octanol–water partition coefficient (Wildman–Crippen LogP) is 2.42. The average Bonchev–Trinajstić information content (AvgIpc) is 3.08. The fraction of sp³-hybridized carbons (Fsp3) is 0.562. The van der Waals surface area contributed by atoms with Crippen LogP contribution in [-0.4, -0.2) is 66.7 Å². The van der Waals surface area contributed by atoms with Gasteiger partial charge in [-0.05, 0) is 22.5 Å². The molecule has 23 heavy (non-hydrogen) atoms. The molecule has 0 aliphatic carbocycles. The first kappa shape index (κ1) is 16.5. The monoisotopic (exact) mass is 383 g/mol. The lowest BCUT2D eigenvalue weighted by molar-refractivity contribution is 0.0631. The largest absolute Gasteiger partial charge is 0.448 e. The van der Waals surface area contributed by atoms with Crippen molar-refractivity contribution in [2.75, 3.05) is 46.4 Å². The molecule has 1 aliphatic rings. The van der Waals surface area contributed by atoms with E-state index in [-0.39, 0.29) is 5.91 Å². The van der Waals surface area contributed by atoms with Crippen LogP contribution in [0.15, 0.2) is 21.2 Å². The number of furan rings is 1. The summed E-state index contributed by atoms with van der Waals surface area (Å²) in [6, 6.07) is 3.74. The number of carbonyl (C=O) groups excluding carboxylic acids is 1. The number of rotatable bonds is 5. The molecule has 0 unspecified atom stereocenters. The summed E-state index contributed by atoms with van der Waals surface area (Å²) in [6.45, 7) is 7.77. The zero-order valence-corrected chi connectivity index (χ0v) is 15.1. The van der Waals surface area contributed by atoms with E-state index < -0.39 is 0 Å². The van der Waals surface area contributed by atoms with Crippen molar-refractivity contribution in [1.29, 1.82) is 0 Å². The van der Waals surface area contributed by atoms with Gasteiger partial charge < -0.3 is 23.5 Å². The summed E-state index contributed by atoms with van der Waals surface area (Å²) < 4.78 is 13.5. The summed E-state index contributed by atoms with van der Waals surface area (Å²) in [5.41, 5.74) is 2.32. The number of carbonyl (C=O) groups is 1. The molecule has 3 heterocycles. The maximum atomic E-state index is 12.9. The van der Waals surface area contributed by atoms with Crippen LogP contribution >= 0.6 is 15.9 Å². The van der Waals surface area contributed by atoms with Crippen LogP contribution in [0.25, 0.3) is 11.1 Å². The van der Waals surface area contributed by atoms with E-state index in [4.69, 9.17) is 9.15 Å². The van der Waals surface area contributed by atoms with Crippen LogP contribution in [0.1, 0.15) is 17.4 Å². The summed E-state index contributed by atoms with van der Waals surface area (Å²) in [4.78, 5) is 17.2. The zero-order valence-electron chi connectivity index (χ0n) is 13.5. The standard InChI is InChI=1S/C16H22BrN3O3/c1-3-18-4-6-19(7-5-18)16(21)13-10-14-12(11-15(17)23-14)20(13)8-9-22-2/h10-11H,3-9H2,1-2H3. The molecule has 1 aliphatic heterocycles. The van der Waals surface area contributed by atoms with Gasteiger partial charge in [-0.15, -0.1) is 0 Å². The third-order valence-electron chi connectivity index (χ3n) is 4.40. The van der Waals surface area contributed by atoms with Gasteiger partial charge in [0, 0.05) is 52.0 Å². The molecule has 0 saturated carbocycles. The highest BCUT2D eigenvalue weighted by atomic mass is 79.9. The normalized spacial score (nSPS) is 16.4. The maximum Gasteiger partial charge on any atom is 0.270 e. The van der Waals surface area contributed by atoms with E-state index in [1.54, 1.807) is 7.11 Å². The molecule has 6 nitrogen and oxygen atoms in total. The molecule has 0 aromatic carbocycles. The number of fused-ring (bicyclic) bond motifs is 1. The van der Waals surface area contributed by atoms with E-state index in [1.807, 2.05) is 21.6 Å². The van der Waals surface area contributed by atoms with Gasteiger partial charge in [0.25, 0.3) is 5.91 Å². The van der Waals surface area contributed by atoms with Gasteiger partial charge in [0.1, 0.15) is 5.69 Å². The van der Waals surface area contributed by atoms with Crippen molar-refractivity contribution in [3.8, 4) is 0 Å². The van der Waals surface area contributed by atoms with Crippen molar-refractivity contribution >= 4 is 32.9 Å². The molecule has 3 rings (SSSR count). The molecule has 1 amide bonds. The van der Waals surface area contributed by atoms with Gasteiger partial charge in [-0.2, -0.15) is 0 Å². The maximum absolute atomic E-state index is 12.9. The Bertz CT molecular complexity index is 686. The third kappa shape index (κ3) is 3.32. The molecule has 2 aromatic rings. The highest BCUT2D eigenvalue weighted by Gasteiger charge is 2.25. The van der Waals surface area contributed by atoms with Crippen LogP contribution in [0, 0.1) is 0 Å². The van der Waals surface area contributed by atoms with E-state index in [0.717, 1.165) is 43.8 Å². The van der Waals surface area contributed by atoms with Crippen LogP contribution in [0.2, 0.25) is 0 Å². The summed E-state index contributed by atoms with van der Waals surface area (Å²) in [6.07, 6.45) is 0. The van der Waals surface area contributed by atoms with Crippen molar-refractivity contribution in [1.82, 2.24) is 14.4 Å². The number of hydrogen-bond acceptors (Lipinski definition) is 4. The summed E-state index contributed by atoms with van der Waals surface area (Å²) in [7, 11) is 1.66. The fourth-order valence-corrected chi connectivity index (χ4v) is 3.43. The van der Waals surface area contributed by atoms with E-state index in [1.165, 1.54) is 0 Å². The van der Waals surface area contributed by atoms with Crippen molar-refractivity contribution in [3.63, 3.8) is 0 Å². The molecular formula is C16H22BrN3O3. The van der Waals surface area contributed by atoms with Gasteiger partial charge in [0.15, 0.2) is 10.3 Å². The predicted molar refractivity (Wildman–Crippen MR) is 91.8 cm³/mol. The summed E-state index contributed by atoms with van der Waals surface area (Å²) >= 11 is 3.35. The fourth-order valence-electron chi connectivity index (χ4n) is 3.04. The van der Waals surface area contributed by atoms with E-state index >= 15 is 0 Å². The Morgan fingerprint density at radius 2 is 2.04 bits per heavy atom. The Labute approximate surface area is 144 Å². The van der Waals surface area contributed by atoms with Crippen LogP contribution < -0.4 is 0 Å². The van der Waals surface area contributed by atoms with E-state index in [2.05, 4.69) is 27.8 Å². The number of halogens is 1. The number of ether oxygens (including phenoxy) is 1. The number of aromatic nitrogens is 1. The lowest BCUT2D eigenvalue weighted by atomic mass is 10.2. The van der Waals surface area contributed by atoms with Gasteiger partial charge in [0.05, 0.1) is 12.1 Å². The minimum Gasteiger partial charge on any atom is -0.448 e. The first-order valence-corrected chi connectivity index (χ1v) is 8.72. The second-order valence-electron chi connectivity index (χ2n) is 5.70. The second-order valence-corrected chi connectivity index (χ2v) is 6.48. The molecular weight excluding hydrogens is 362 g/mol. The lowest BCUT2D eigenvalue weighted by Gasteiger charge is -2.34. The molecule has 0 radical (unpaired) electrons. The highest BCUT2D eigenvalue weighted by molar-refractivity contribution is 9.10. The van der Waals surface area contributed by atoms with Crippen molar-refractivity contribution in [2.24, 2.45) is 0 Å². The van der Waals surface area contributed by atoms with Gasteiger partial charge in [-0.25, -0.2) is 0 Å². The van der Waals surface area contributed by atoms with E-state index in [9.17, 15) is 4.79 Å². The molecule has 0 bridgehead atoms. The van der Waals surface area contributed by atoms with Crippen LogP contribution in [-0.2, 0) is 11.3 Å². The summed E-state index contributed by atoms with van der Waals surface area (Å²) in [5.74, 6) is 0.0689. The topological polar surface area (TPSA) is 50.8 Å². The minimum absolute atomic E-state index is 0.0689. The van der Waals surface area contributed by atoms with Gasteiger partial charge in [-0.1, -0.05) is 6.92 Å². The van der Waals surface area contributed by atoms with Gasteiger partial charge in [0.2, 0.25) is 0 Å². The first-order valence-electron chi connectivity index (χ1n) is 7.93. The van der Waals surface area contributed by atoms with Crippen LogP contribution in [0.4, 0.5) is 0 Å². The first-order chi connectivity index (χ1) is 11.1. The van der Waals surface area contributed by atoms with Crippen LogP contribution in [0.3, 0.4) is 0 Å². The third-order valence-corrected chi connectivity index (χ3v) is 4.80. The quantitative estimate of drug-likeness (QED) is 0.795. The number of hydrogen-bond donors (Lipinski definition) is 0. The Balaban J connectivity index is 1.86. The van der Waals surface area contributed by atoms with Crippen molar-refractivity contribution in [2.45, 2.75) is 13.5 Å². The molecule has 0 spiro atoms. The number of amides is 1. The zero-order chi connectivity index (χ0) is 16.4. The number of methoxy groups -OCH3 is 1. The lowest BCUT2D eigenvalue weighted by Crippen LogP contribution is -2.48. The number of nitrogens with zero attached hydrogens (tertiary/aromatic N) is 3. The molecule has 126 valence electrons. The van der Waals surface area contributed by atoms with E-state index in [0.29, 0.717) is 23.5 Å². The molecule has 1 fully saturated rings. The summed E-state index contributed by atoms with van der Waals surface area (Å²) in [5, 5.41) is 0. The smallest absolute Gasteiger partial charge is 0.270 e. The minimum atomic E-state index is 0.0689. The molecule has 2 aromatic heterocycles. The van der Waals surface area contributed by atoms with Crippen LogP contribution in [0.5, 0.6) is 0 Å². The van der Waals surface area contributed by atoms with Gasteiger partial charge >= 0.3 is 0 Å². The highest BCUT2D eigenvalue weighted by Crippen LogP contribution is 2.28. The molecule has 7 heteroatoms. The average molecular weight is 384 g/mol. The molecule has 0 atom stereocenters. The number of piperazine rings is 1. The van der Waals surface area contributed by atoms with Crippen molar-refractivity contribution < 1.29 is 13.9 Å². The van der Waals surface area contributed by atoms with Crippen molar-refractivity contribution in [3.05, 3.63) is 22.5 Å². The Kier molecular flexibility index (Phi) is 5.08. The van der Waals surface area contributed by atoms with Gasteiger partial charge in [-0.3, -0.25) is 4.79 Å². The SMILES string of the molecule is CCN1CCN(C(=O)c2cc3oc(Br)cc3n2CCOC)CC1. The Morgan fingerprint density at radius 1 is 1.30 bits per heavy atom. The number of likely N-dealkylation sites (N-methyl/N-ethyl adjacent to an activating group) is 1. The molecule has 1 saturated heterocycles. The second kappa shape index (κ2) is 7.07. The Hall–Kier alpha value is -1.31. The Morgan fingerprint density at radius 3 is 2.70 bits per heavy atom.